The molecule has 0 heterocycles. The predicted octanol–water partition coefficient (Wildman–Crippen LogP) is -1.58. The van der Waals surface area contributed by atoms with Gasteiger partial charge in [0.1, 0.15) is 30.6 Å². The Morgan fingerprint density at radius 1 is 1.13 bits per heavy atom. The monoisotopic (exact) mass is 337 g/mol. The Morgan fingerprint density at radius 2 is 1.70 bits per heavy atom. The maximum Gasteiger partial charge on any atom is 0.303 e. The van der Waals surface area contributed by atoms with E-state index in [1.807, 2.05) is 0 Å². The second-order valence-electron chi connectivity index (χ2n) is 4.94. The normalized spacial score (nSPS) is 15.4. The van der Waals surface area contributed by atoms with Gasteiger partial charge in [-0.25, -0.2) is 0 Å². The SMILES string of the molecule is CC(=O)N[C@@H](C=O)[C@@H](O)[C@H](O)[C@H](O)CO.CCCCCC(=O)O. The van der Waals surface area contributed by atoms with Crippen LogP contribution in [0.2, 0.25) is 0 Å². The van der Waals surface area contributed by atoms with Gasteiger partial charge in [-0.1, -0.05) is 19.8 Å². The van der Waals surface area contributed by atoms with Gasteiger partial charge in [-0.2, -0.15) is 0 Å². The number of aliphatic hydroxyl groups is 4. The molecule has 0 saturated carbocycles. The van der Waals surface area contributed by atoms with Crippen LogP contribution in [0.15, 0.2) is 0 Å². The molecule has 0 aliphatic carbocycles. The summed E-state index contributed by atoms with van der Waals surface area (Å²) in [6, 6.07) is -1.32. The van der Waals surface area contributed by atoms with E-state index in [0.29, 0.717) is 6.42 Å². The largest absolute Gasteiger partial charge is 0.481 e. The van der Waals surface area contributed by atoms with Crippen molar-refractivity contribution in [2.24, 2.45) is 0 Å². The third-order valence-electron chi connectivity index (χ3n) is 2.81. The van der Waals surface area contributed by atoms with Crippen molar-refractivity contribution in [2.75, 3.05) is 6.61 Å². The minimum atomic E-state index is -1.71. The Bertz CT molecular complexity index is 350. The number of aliphatic hydroxyl groups excluding tert-OH is 4. The molecule has 0 bridgehead atoms. The Hall–Kier alpha value is -1.55. The molecule has 0 aliphatic heterocycles. The first kappa shape index (κ1) is 23.7. The van der Waals surface area contributed by atoms with Crippen molar-refractivity contribution in [3.05, 3.63) is 0 Å². The predicted molar refractivity (Wildman–Crippen MR) is 80.6 cm³/mol. The highest BCUT2D eigenvalue weighted by molar-refractivity contribution is 5.77. The summed E-state index contributed by atoms with van der Waals surface area (Å²) in [6.45, 7) is 2.43. The van der Waals surface area contributed by atoms with E-state index in [4.69, 9.17) is 15.3 Å². The Labute approximate surface area is 134 Å². The minimum absolute atomic E-state index is 0.235. The molecule has 0 fully saturated rings. The number of carbonyl (C=O) groups is 3. The molecule has 6 N–H and O–H groups in total. The molecule has 0 aromatic carbocycles. The standard InChI is InChI=1S/C8H15NO6.C6H12O2/c1-4(12)9-5(2-10)7(14)8(15)6(13)3-11;1-2-3-4-5-6(7)8/h2,5-8,11,13-15H,3H2,1H3,(H,9,12);2-5H2,1H3,(H,7,8)/t5-,6+,7+,8+;/m0./s1. The molecule has 0 aromatic heterocycles. The molecular weight excluding hydrogens is 310 g/mol. The van der Waals surface area contributed by atoms with E-state index in [1.165, 1.54) is 0 Å². The third-order valence-corrected chi connectivity index (χ3v) is 2.81. The lowest BCUT2D eigenvalue weighted by atomic mass is 10.0. The summed E-state index contributed by atoms with van der Waals surface area (Å²) in [5.41, 5.74) is 0. The van der Waals surface area contributed by atoms with Crippen LogP contribution in [0.5, 0.6) is 0 Å². The van der Waals surface area contributed by atoms with Crippen LogP contribution in [0.25, 0.3) is 0 Å². The fraction of sp³-hybridized carbons (Fsp3) is 0.786. The number of hydrogen-bond donors (Lipinski definition) is 6. The molecule has 0 spiro atoms. The van der Waals surface area contributed by atoms with Crippen molar-refractivity contribution < 1.29 is 39.9 Å². The average Bonchev–Trinajstić information content (AvgIpc) is 2.50. The summed E-state index contributed by atoms with van der Waals surface area (Å²) in [7, 11) is 0. The zero-order valence-electron chi connectivity index (χ0n) is 13.4. The summed E-state index contributed by atoms with van der Waals surface area (Å²) in [6.07, 6.45) is -1.44. The molecule has 0 aliphatic rings. The topological polar surface area (TPSA) is 164 Å². The van der Waals surface area contributed by atoms with E-state index in [9.17, 15) is 24.6 Å². The highest BCUT2D eigenvalue weighted by atomic mass is 16.4. The molecule has 0 saturated heterocycles. The maximum atomic E-state index is 10.6. The lowest BCUT2D eigenvalue weighted by molar-refractivity contribution is -0.137. The van der Waals surface area contributed by atoms with Crippen molar-refractivity contribution in [3.63, 3.8) is 0 Å². The number of aliphatic carboxylic acids is 1. The van der Waals surface area contributed by atoms with Crippen molar-refractivity contribution in [1.29, 1.82) is 0 Å². The molecule has 1 amide bonds. The average molecular weight is 337 g/mol. The van der Waals surface area contributed by atoms with Gasteiger partial charge in [0.15, 0.2) is 0 Å². The maximum absolute atomic E-state index is 10.6. The van der Waals surface area contributed by atoms with Gasteiger partial charge in [-0.05, 0) is 6.42 Å². The number of hydrogen-bond acceptors (Lipinski definition) is 7. The molecule has 0 aromatic rings. The van der Waals surface area contributed by atoms with Crippen LogP contribution < -0.4 is 5.32 Å². The number of carboxylic acids is 1. The molecule has 9 heteroatoms. The Kier molecular flexibility index (Phi) is 14.5. The van der Waals surface area contributed by atoms with E-state index in [1.54, 1.807) is 0 Å². The second-order valence-corrected chi connectivity index (χ2v) is 4.94. The second kappa shape index (κ2) is 14.1. The number of carbonyl (C=O) groups excluding carboxylic acids is 2. The minimum Gasteiger partial charge on any atom is -0.481 e. The van der Waals surface area contributed by atoms with Gasteiger partial charge in [0, 0.05) is 13.3 Å². The van der Waals surface area contributed by atoms with Crippen LogP contribution in [-0.2, 0) is 14.4 Å². The van der Waals surface area contributed by atoms with Gasteiger partial charge in [0.25, 0.3) is 0 Å². The lowest BCUT2D eigenvalue weighted by Gasteiger charge is -2.25. The van der Waals surface area contributed by atoms with Crippen LogP contribution in [0.1, 0.15) is 39.5 Å². The number of nitrogens with one attached hydrogen (secondary N) is 1. The molecule has 136 valence electrons. The summed E-state index contributed by atoms with van der Waals surface area (Å²) in [4.78, 5) is 30.9. The number of rotatable bonds is 10. The zero-order chi connectivity index (χ0) is 18.4. The molecule has 9 nitrogen and oxygen atoms in total. The van der Waals surface area contributed by atoms with E-state index in [2.05, 4.69) is 12.2 Å². The van der Waals surface area contributed by atoms with E-state index in [-0.39, 0.29) is 6.29 Å². The van der Waals surface area contributed by atoms with Crippen LogP contribution in [0, 0.1) is 0 Å². The van der Waals surface area contributed by atoms with Gasteiger partial charge in [0.2, 0.25) is 5.91 Å². The van der Waals surface area contributed by atoms with E-state index < -0.39 is 42.8 Å². The van der Waals surface area contributed by atoms with Crippen molar-refractivity contribution in [3.8, 4) is 0 Å². The number of unbranched alkanes of at least 4 members (excludes halogenated alkanes) is 2. The molecule has 0 unspecified atom stereocenters. The van der Waals surface area contributed by atoms with Gasteiger partial charge >= 0.3 is 5.97 Å². The Morgan fingerprint density at radius 3 is 2.04 bits per heavy atom. The quantitative estimate of drug-likeness (QED) is 0.205. The van der Waals surface area contributed by atoms with Crippen LogP contribution in [0.3, 0.4) is 0 Å². The van der Waals surface area contributed by atoms with Gasteiger partial charge in [-0.3, -0.25) is 9.59 Å². The van der Waals surface area contributed by atoms with Gasteiger partial charge < -0.3 is 35.6 Å². The van der Waals surface area contributed by atoms with Crippen molar-refractivity contribution in [1.82, 2.24) is 5.32 Å². The zero-order valence-corrected chi connectivity index (χ0v) is 13.4. The van der Waals surface area contributed by atoms with E-state index >= 15 is 0 Å². The highest BCUT2D eigenvalue weighted by Gasteiger charge is 2.31. The van der Waals surface area contributed by atoms with Crippen LogP contribution in [-0.4, -0.2) is 74.7 Å². The summed E-state index contributed by atoms with van der Waals surface area (Å²) < 4.78 is 0. The summed E-state index contributed by atoms with van der Waals surface area (Å²) >= 11 is 0. The first-order chi connectivity index (χ1) is 10.7. The van der Waals surface area contributed by atoms with E-state index in [0.717, 1.165) is 26.2 Å². The van der Waals surface area contributed by atoms with Crippen molar-refractivity contribution in [2.45, 2.75) is 63.9 Å². The molecule has 0 rings (SSSR count). The number of aldehydes is 1. The molecule has 4 atom stereocenters. The lowest BCUT2D eigenvalue weighted by Crippen LogP contribution is -2.53. The third kappa shape index (κ3) is 12.7. The highest BCUT2D eigenvalue weighted by Crippen LogP contribution is 2.03. The first-order valence-electron chi connectivity index (χ1n) is 7.30. The van der Waals surface area contributed by atoms with Crippen molar-refractivity contribution >= 4 is 18.2 Å². The van der Waals surface area contributed by atoms with Crippen LogP contribution >= 0.6 is 0 Å². The Balaban J connectivity index is 0. The van der Waals surface area contributed by atoms with Gasteiger partial charge in [-0.15, -0.1) is 0 Å². The van der Waals surface area contributed by atoms with Crippen LogP contribution in [0.4, 0.5) is 0 Å². The molecule has 0 radical (unpaired) electrons. The smallest absolute Gasteiger partial charge is 0.303 e. The number of amides is 1. The van der Waals surface area contributed by atoms with Gasteiger partial charge in [0.05, 0.1) is 6.61 Å². The summed E-state index contributed by atoms with van der Waals surface area (Å²) in [5.74, 6) is -1.24. The fourth-order valence-electron chi connectivity index (χ4n) is 1.51. The first-order valence-corrected chi connectivity index (χ1v) is 7.30. The fourth-order valence-corrected chi connectivity index (χ4v) is 1.51. The summed E-state index contributed by atoms with van der Waals surface area (Å²) in [5, 5.41) is 46.3. The molecule has 23 heavy (non-hydrogen) atoms. The molecular formula is C14H27NO8. The number of carboxylic acid groups (broad SMARTS) is 1.